The van der Waals surface area contributed by atoms with Crippen LogP contribution in [0, 0.1) is 11.8 Å². The van der Waals surface area contributed by atoms with Crippen molar-refractivity contribution >= 4 is 5.97 Å². The second-order valence-corrected chi connectivity index (χ2v) is 6.62. The second-order valence-electron chi connectivity index (χ2n) is 6.62. The molecular weight excluding hydrogens is 276 g/mol. The summed E-state index contributed by atoms with van der Waals surface area (Å²) in [7, 11) is 3.21. The first-order valence-corrected chi connectivity index (χ1v) is 8.27. The van der Waals surface area contributed by atoms with Crippen LogP contribution in [0.15, 0.2) is 18.2 Å². The molecule has 22 heavy (non-hydrogen) atoms. The van der Waals surface area contributed by atoms with Gasteiger partial charge in [-0.05, 0) is 54.2 Å². The van der Waals surface area contributed by atoms with E-state index >= 15 is 0 Å². The van der Waals surface area contributed by atoms with Crippen LogP contribution in [-0.2, 0) is 9.53 Å². The zero-order valence-electron chi connectivity index (χ0n) is 14.4. The molecule has 1 aromatic carbocycles. The highest BCUT2D eigenvalue weighted by molar-refractivity contribution is 5.75. The minimum Gasteiger partial charge on any atom is -0.496 e. The van der Waals surface area contributed by atoms with Crippen LogP contribution in [0.3, 0.4) is 0 Å². The summed E-state index contributed by atoms with van der Waals surface area (Å²) in [5.74, 6) is 2.48. The number of esters is 1. The number of benzene rings is 1. The Labute approximate surface area is 134 Å². The lowest BCUT2D eigenvalue weighted by Gasteiger charge is -2.19. The number of carbonyl (C=O) groups is 1. The highest BCUT2D eigenvalue weighted by atomic mass is 16.5. The topological polar surface area (TPSA) is 35.5 Å². The summed E-state index contributed by atoms with van der Waals surface area (Å²) < 4.78 is 10.3. The molecule has 3 nitrogen and oxygen atoms in total. The Hall–Kier alpha value is -1.51. The van der Waals surface area contributed by atoms with Crippen LogP contribution in [0.4, 0.5) is 0 Å². The molecule has 3 heteroatoms. The van der Waals surface area contributed by atoms with E-state index in [9.17, 15) is 4.79 Å². The molecule has 0 saturated heterocycles. The number of rotatable bonds is 7. The Morgan fingerprint density at radius 2 is 2.05 bits per heavy atom. The van der Waals surface area contributed by atoms with E-state index in [2.05, 4.69) is 39.0 Å². The van der Waals surface area contributed by atoms with E-state index in [0.29, 0.717) is 17.8 Å². The van der Waals surface area contributed by atoms with Gasteiger partial charge < -0.3 is 9.47 Å². The molecule has 3 unspecified atom stereocenters. The van der Waals surface area contributed by atoms with Gasteiger partial charge in [0.1, 0.15) is 5.75 Å². The van der Waals surface area contributed by atoms with Crippen LogP contribution in [0.1, 0.15) is 63.0 Å². The van der Waals surface area contributed by atoms with Crippen molar-refractivity contribution in [1.82, 2.24) is 0 Å². The van der Waals surface area contributed by atoms with Crippen molar-refractivity contribution in [2.24, 2.45) is 11.8 Å². The summed E-state index contributed by atoms with van der Waals surface area (Å²) in [4.78, 5) is 11.6. The third-order valence-electron chi connectivity index (χ3n) is 4.85. The maximum atomic E-state index is 11.6. The molecule has 1 aromatic rings. The van der Waals surface area contributed by atoms with E-state index in [1.165, 1.54) is 18.2 Å². The van der Waals surface area contributed by atoms with E-state index in [0.717, 1.165) is 25.0 Å². The summed E-state index contributed by atoms with van der Waals surface area (Å²) in [5.41, 5.74) is 2.63. The minimum atomic E-state index is -0.0440. The van der Waals surface area contributed by atoms with Gasteiger partial charge in [-0.25, -0.2) is 0 Å². The SMILES string of the molecule is CCC(CC1CC1C(=O)OC)c1ccc(OC)c(C(C)C)c1. The van der Waals surface area contributed by atoms with Gasteiger partial charge >= 0.3 is 5.97 Å². The van der Waals surface area contributed by atoms with Crippen molar-refractivity contribution in [3.63, 3.8) is 0 Å². The fraction of sp³-hybridized carbons (Fsp3) is 0.632. The second kappa shape index (κ2) is 7.17. The molecule has 0 N–H and O–H groups in total. The van der Waals surface area contributed by atoms with Gasteiger partial charge in [0.2, 0.25) is 0 Å². The number of carbonyl (C=O) groups excluding carboxylic acids is 1. The zero-order valence-corrected chi connectivity index (χ0v) is 14.4. The largest absolute Gasteiger partial charge is 0.496 e. The Bertz CT molecular complexity index is 521. The Kier molecular flexibility index (Phi) is 5.49. The van der Waals surface area contributed by atoms with Crippen LogP contribution in [-0.4, -0.2) is 20.2 Å². The van der Waals surface area contributed by atoms with Crippen LogP contribution >= 0.6 is 0 Å². The average molecular weight is 304 g/mol. The predicted molar refractivity (Wildman–Crippen MR) is 88.3 cm³/mol. The molecular formula is C19H28O3. The molecule has 0 bridgehead atoms. The number of methoxy groups -OCH3 is 2. The molecule has 0 radical (unpaired) electrons. The molecule has 0 heterocycles. The van der Waals surface area contributed by atoms with Crippen LogP contribution in [0.5, 0.6) is 5.75 Å². The van der Waals surface area contributed by atoms with Crippen molar-refractivity contribution in [2.45, 2.75) is 51.9 Å². The van der Waals surface area contributed by atoms with Gasteiger partial charge in [-0.1, -0.05) is 32.9 Å². The van der Waals surface area contributed by atoms with E-state index < -0.39 is 0 Å². The van der Waals surface area contributed by atoms with Crippen LogP contribution in [0.25, 0.3) is 0 Å². The molecule has 122 valence electrons. The Morgan fingerprint density at radius 1 is 1.32 bits per heavy atom. The van der Waals surface area contributed by atoms with Crippen molar-refractivity contribution in [1.29, 1.82) is 0 Å². The molecule has 2 rings (SSSR count). The highest BCUT2D eigenvalue weighted by Gasteiger charge is 2.44. The molecule has 1 fully saturated rings. The standard InChI is InChI=1S/C19H28O3/c1-6-13(9-15-11-17(15)19(20)22-5)14-7-8-18(21-4)16(10-14)12(2)3/h7-8,10,12-13,15,17H,6,9,11H2,1-5H3. The van der Waals surface area contributed by atoms with Crippen LogP contribution in [0.2, 0.25) is 0 Å². The van der Waals surface area contributed by atoms with Gasteiger partial charge in [-0.15, -0.1) is 0 Å². The third-order valence-corrected chi connectivity index (χ3v) is 4.85. The van der Waals surface area contributed by atoms with E-state index in [1.54, 1.807) is 7.11 Å². The first kappa shape index (κ1) is 16.9. The molecule has 0 aromatic heterocycles. The maximum absolute atomic E-state index is 11.6. The Balaban J connectivity index is 2.11. The number of hydrogen-bond acceptors (Lipinski definition) is 3. The average Bonchev–Trinajstić information content (AvgIpc) is 3.30. The Morgan fingerprint density at radius 3 is 2.59 bits per heavy atom. The lowest BCUT2D eigenvalue weighted by molar-refractivity contribution is -0.142. The molecule has 1 saturated carbocycles. The smallest absolute Gasteiger partial charge is 0.308 e. The molecule has 1 aliphatic rings. The monoisotopic (exact) mass is 304 g/mol. The summed E-state index contributed by atoms with van der Waals surface area (Å²) >= 11 is 0. The normalized spacial score (nSPS) is 21.5. The summed E-state index contributed by atoms with van der Waals surface area (Å²) in [5, 5.41) is 0. The van der Waals surface area contributed by atoms with Crippen molar-refractivity contribution in [3.8, 4) is 5.75 Å². The van der Waals surface area contributed by atoms with Gasteiger partial charge in [-0.3, -0.25) is 4.79 Å². The fourth-order valence-corrected chi connectivity index (χ4v) is 3.31. The van der Waals surface area contributed by atoms with E-state index in [1.807, 2.05) is 0 Å². The van der Waals surface area contributed by atoms with E-state index in [4.69, 9.17) is 9.47 Å². The summed E-state index contributed by atoms with van der Waals surface area (Å²) in [6.45, 7) is 6.60. The molecule has 0 aliphatic heterocycles. The number of ether oxygens (including phenoxy) is 2. The zero-order chi connectivity index (χ0) is 16.3. The van der Waals surface area contributed by atoms with Crippen LogP contribution < -0.4 is 4.74 Å². The maximum Gasteiger partial charge on any atom is 0.308 e. The molecule has 0 amide bonds. The van der Waals surface area contributed by atoms with Gasteiger partial charge in [-0.2, -0.15) is 0 Å². The number of hydrogen-bond donors (Lipinski definition) is 0. The van der Waals surface area contributed by atoms with Crippen molar-refractivity contribution in [3.05, 3.63) is 29.3 Å². The molecule has 0 spiro atoms. The van der Waals surface area contributed by atoms with Crippen molar-refractivity contribution in [2.75, 3.05) is 14.2 Å². The predicted octanol–water partition coefficient (Wildman–Crippen LogP) is 4.51. The lowest BCUT2D eigenvalue weighted by Crippen LogP contribution is -2.07. The highest BCUT2D eigenvalue weighted by Crippen LogP contribution is 2.47. The van der Waals surface area contributed by atoms with Gasteiger partial charge in [0, 0.05) is 0 Å². The summed E-state index contributed by atoms with van der Waals surface area (Å²) in [6, 6.07) is 6.54. The lowest BCUT2D eigenvalue weighted by atomic mass is 9.88. The van der Waals surface area contributed by atoms with E-state index in [-0.39, 0.29) is 11.9 Å². The quantitative estimate of drug-likeness (QED) is 0.695. The fourth-order valence-electron chi connectivity index (χ4n) is 3.31. The summed E-state index contributed by atoms with van der Waals surface area (Å²) in [6.07, 6.45) is 3.14. The van der Waals surface area contributed by atoms with Crippen molar-refractivity contribution < 1.29 is 14.3 Å². The van der Waals surface area contributed by atoms with Gasteiger partial charge in [0.05, 0.1) is 20.1 Å². The van der Waals surface area contributed by atoms with Gasteiger partial charge in [0.25, 0.3) is 0 Å². The minimum absolute atomic E-state index is 0.0440. The molecule has 3 atom stereocenters. The first-order valence-electron chi connectivity index (χ1n) is 8.27. The van der Waals surface area contributed by atoms with Gasteiger partial charge in [0.15, 0.2) is 0 Å². The molecule has 1 aliphatic carbocycles. The third kappa shape index (κ3) is 3.63. The first-order chi connectivity index (χ1) is 10.5.